The molecule has 0 atom stereocenters. The van der Waals surface area contributed by atoms with Gasteiger partial charge in [0.15, 0.2) is 0 Å². The normalized spacial score (nSPS) is 9.67. The molecule has 0 bridgehead atoms. The first kappa shape index (κ1) is 35.7. The maximum atomic E-state index is 9.78. The van der Waals surface area contributed by atoms with Crippen LogP contribution in [-0.4, -0.2) is 36.0 Å². The number of hydrogen-bond acceptors (Lipinski definition) is 0. The van der Waals surface area contributed by atoms with E-state index >= 15 is 0 Å². The summed E-state index contributed by atoms with van der Waals surface area (Å²) < 4.78 is 19.6. The third-order valence-electron chi connectivity index (χ3n) is 2.18. The minimum Gasteiger partial charge on any atom is 4.00 e. The van der Waals surface area contributed by atoms with Crippen molar-refractivity contribution in [1.82, 2.24) is 0 Å². The van der Waals surface area contributed by atoms with Gasteiger partial charge in [-0.25, -0.2) is 12.2 Å². The number of unbranched alkanes of at least 4 members (excludes halogenated alkanes) is 3. The van der Waals surface area contributed by atoms with E-state index in [2.05, 4.69) is 32.9 Å². The van der Waals surface area contributed by atoms with Gasteiger partial charge in [0.1, 0.15) is 0 Å². The van der Waals surface area contributed by atoms with Crippen LogP contribution in [0, 0.1) is 6.08 Å². The summed E-state index contributed by atoms with van der Waals surface area (Å²) in [7, 11) is 0. The van der Waals surface area contributed by atoms with Crippen molar-refractivity contribution in [3.63, 3.8) is 0 Å². The zero-order chi connectivity index (χ0) is 18.6. The standard InChI is InChI=1S/C5H5.3C4H10N.F2GeH.Zr/c1-2-4-5-3-1;3*1-2-3-4-5;1-3-2;/h1-3H,4H2;3*5H,2-4H2,1H3;3H;/q4*-1;;+4. The Morgan fingerprint density at radius 2 is 1.21 bits per heavy atom. The summed E-state index contributed by atoms with van der Waals surface area (Å²) in [6.45, 7) is 8.06. The molecule has 0 saturated carbocycles. The van der Waals surface area contributed by atoms with Gasteiger partial charge in [-0.2, -0.15) is 25.7 Å². The molecule has 1 radical (unpaired) electrons. The molecule has 0 saturated heterocycles. The number of nitrogens with one attached hydrogen (secondary N) is 3. The third kappa shape index (κ3) is 78.2. The van der Waals surface area contributed by atoms with Crippen LogP contribution >= 0.6 is 0 Å². The molecule has 1 aliphatic rings. The minimum atomic E-state index is -2.69. The molecule has 0 aromatic carbocycles. The van der Waals surface area contributed by atoms with E-state index in [9.17, 15) is 7.00 Å². The van der Waals surface area contributed by atoms with Gasteiger partial charge in [-0.1, -0.05) is 59.3 Å². The first-order chi connectivity index (χ1) is 11.2. The molecule has 1 rings (SSSR count). The Balaban J connectivity index is -0.0000000627. The zero-order valence-electron chi connectivity index (χ0n) is 15.6. The summed E-state index contributed by atoms with van der Waals surface area (Å²) in [6.07, 6.45) is 16.6. The molecular formula is C17H36F2GeN3Zr. The minimum absolute atomic E-state index is 0. The van der Waals surface area contributed by atoms with E-state index < -0.39 is 16.4 Å². The van der Waals surface area contributed by atoms with Crippen LogP contribution < -0.4 is 0 Å². The van der Waals surface area contributed by atoms with Crippen LogP contribution in [-0.2, 0) is 26.2 Å². The topological polar surface area (TPSA) is 71.4 Å². The molecule has 0 spiro atoms. The predicted octanol–water partition coefficient (Wildman–Crippen LogP) is 7.01. The molecule has 0 aliphatic heterocycles. The number of rotatable bonds is 6. The average molecular weight is 484 g/mol. The number of halogens is 2. The van der Waals surface area contributed by atoms with Gasteiger partial charge in [-0.05, 0) is 0 Å². The van der Waals surface area contributed by atoms with Crippen molar-refractivity contribution < 1.29 is 33.2 Å². The van der Waals surface area contributed by atoms with Crippen molar-refractivity contribution in [2.75, 3.05) is 19.6 Å². The van der Waals surface area contributed by atoms with E-state index in [0.29, 0.717) is 19.6 Å². The summed E-state index contributed by atoms with van der Waals surface area (Å²) in [6, 6.07) is 0. The fourth-order valence-corrected chi connectivity index (χ4v) is 0.871. The first-order valence-electron chi connectivity index (χ1n) is 8.34. The molecule has 141 valence electrons. The van der Waals surface area contributed by atoms with Crippen LogP contribution in [0.1, 0.15) is 65.7 Å². The second-order valence-corrected chi connectivity index (χ2v) is 4.74. The number of allylic oxidation sites excluding steroid dienone is 4. The monoisotopic (exact) mass is 484 g/mol. The van der Waals surface area contributed by atoms with E-state index in [4.69, 9.17) is 17.2 Å². The molecule has 0 aromatic rings. The molecule has 1 aliphatic carbocycles. The molecule has 0 unspecified atom stereocenters. The quantitative estimate of drug-likeness (QED) is 0.287. The van der Waals surface area contributed by atoms with Crippen molar-refractivity contribution in [1.29, 1.82) is 0 Å². The van der Waals surface area contributed by atoms with Gasteiger partial charge in [0.05, 0.1) is 0 Å². The SMILES string of the molecule is CCCC[NH-].CCCC[NH-].CCCC[NH-].[C-]1=CC=CC1.[F][GeH][F].[Zr+4]. The summed E-state index contributed by atoms with van der Waals surface area (Å²) in [5.41, 5.74) is 19.8. The Kier molecular flexibility index (Phi) is 73.7. The fraction of sp³-hybridized carbons (Fsp3) is 0.765. The summed E-state index contributed by atoms with van der Waals surface area (Å²) >= 11 is -2.69. The van der Waals surface area contributed by atoms with Crippen LogP contribution in [0.5, 0.6) is 0 Å². The van der Waals surface area contributed by atoms with E-state index in [-0.39, 0.29) is 26.2 Å². The Morgan fingerprint density at radius 1 is 0.875 bits per heavy atom. The van der Waals surface area contributed by atoms with Gasteiger partial charge in [-0.3, -0.25) is 6.08 Å². The maximum absolute atomic E-state index is 9.78. The maximum Gasteiger partial charge on any atom is 4.00 e. The third-order valence-corrected chi connectivity index (χ3v) is 2.18. The molecule has 3 nitrogen and oxygen atoms in total. The smallest absolute Gasteiger partial charge is 4.00 e. The van der Waals surface area contributed by atoms with Gasteiger partial charge < -0.3 is 17.2 Å². The Bertz CT molecular complexity index is 180. The van der Waals surface area contributed by atoms with Crippen LogP contribution in [0.15, 0.2) is 18.2 Å². The average Bonchev–Trinajstić information content (AvgIpc) is 3.11. The van der Waals surface area contributed by atoms with E-state index in [1.807, 2.05) is 12.2 Å². The van der Waals surface area contributed by atoms with Gasteiger partial charge in [0, 0.05) is 0 Å². The molecule has 0 fully saturated rings. The summed E-state index contributed by atoms with van der Waals surface area (Å²) in [4.78, 5) is 0. The van der Waals surface area contributed by atoms with Crippen molar-refractivity contribution in [3.8, 4) is 0 Å². The largest absolute Gasteiger partial charge is 4.00 e. The molecular weight excluding hydrogens is 448 g/mol. The summed E-state index contributed by atoms with van der Waals surface area (Å²) in [5, 5.41) is 0. The van der Waals surface area contributed by atoms with Gasteiger partial charge in [0.2, 0.25) is 0 Å². The summed E-state index contributed by atoms with van der Waals surface area (Å²) in [5.74, 6) is 0. The van der Waals surface area contributed by atoms with E-state index in [1.54, 1.807) is 0 Å². The molecule has 7 heteroatoms. The van der Waals surface area contributed by atoms with Crippen molar-refractivity contribution in [3.05, 3.63) is 41.5 Å². The zero-order valence-corrected chi connectivity index (χ0v) is 20.5. The Hall–Kier alpha value is 0.646. The van der Waals surface area contributed by atoms with Crippen LogP contribution in [0.2, 0.25) is 0 Å². The van der Waals surface area contributed by atoms with Crippen LogP contribution in [0.4, 0.5) is 7.00 Å². The molecule has 3 N–H and O–H groups in total. The second-order valence-electron chi connectivity index (χ2n) is 4.40. The van der Waals surface area contributed by atoms with Crippen molar-refractivity contribution >= 4 is 16.4 Å². The van der Waals surface area contributed by atoms with Crippen molar-refractivity contribution in [2.24, 2.45) is 0 Å². The van der Waals surface area contributed by atoms with Gasteiger partial charge in [0.25, 0.3) is 0 Å². The van der Waals surface area contributed by atoms with E-state index in [1.165, 1.54) is 0 Å². The van der Waals surface area contributed by atoms with Gasteiger partial charge in [-0.15, -0.1) is 6.42 Å². The Morgan fingerprint density at radius 3 is 1.25 bits per heavy atom. The number of hydrogen-bond donors (Lipinski definition) is 0. The van der Waals surface area contributed by atoms with Gasteiger partial charge >= 0.3 is 49.6 Å². The van der Waals surface area contributed by atoms with E-state index in [0.717, 1.165) is 44.9 Å². The fourth-order valence-electron chi connectivity index (χ4n) is 0.871. The van der Waals surface area contributed by atoms with Crippen LogP contribution in [0.3, 0.4) is 0 Å². The molecule has 0 amide bonds. The van der Waals surface area contributed by atoms with Crippen LogP contribution in [0.25, 0.3) is 17.2 Å². The first-order valence-corrected chi connectivity index (χ1v) is 10.2. The van der Waals surface area contributed by atoms with Crippen molar-refractivity contribution in [2.45, 2.75) is 65.7 Å². The Labute approximate surface area is 175 Å². The second kappa shape index (κ2) is 49.5. The molecule has 24 heavy (non-hydrogen) atoms. The molecule has 0 aromatic heterocycles. The predicted molar refractivity (Wildman–Crippen MR) is 103 cm³/mol. The molecule has 0 heterocycles.